The van der Waals surface area contributed by atoms with Gasteiger partial charge < -0.3 is 10.5 Å². The van der Waals surface area contributed by atoms with Gasteiger partial charge in [-0.2, -0.15) is 13.2 Å². The number of hydrogen-bond acceptors (Lipinski definition) is 4. The molecule has 2 unspecified atom stereocenters. The standard InChI is InChI=1S/C9H11F3N2OS/c10-9(11,12)8-14-4-6(16-8)7(13)5-2-1-3-15-5/h4-5,7H,1-3,13H2. The van der Waals surface area contributed by atoms with Gasteiger partial charge in [-0.15, -0.1) is 11.3 Å². The number of ether oxygens (including phenoxy) is 1. The first-order chi connectivity index (χ1) is 7.48. The first kappa shape index (κ1) is 11.8. The third-order valence-electron chi connectivity index (χ3n) is 2.46. The van der Waals surface area contributed by atoms with Gasteiger partial charge in [0.25, 0.3) is 0 Å². The Morgan fingerprint density at radius 3 is 2.81 bits per heavy atom. The predicted octanol–water partition coefficient (Wildman–Crippen LogP) is 2.34. The van der Waals surface area contributed by atoms with Gasteiger partial charge in [0.15, 0.2) is 5.01 Å². The predicted molar refractivity (Wildman–Crippen MR) is 53.0 cm³/mol. The van der Waals surface area contributed by atoms with Crippen LogP contribution < -0.4 is 5.73 Å². The number of hydrogen-bond donors (Lipinski definition) is 1. The van der Waals surface area contributed by atoms with Crippen LogP contribution in [-0.2, 0) is 10.9 Å². The molecule has 3 nitrogen and oxygen atoms in total. The average Bonchev–Trinajstić information content (AvgIpc) is 2.87. The number of thiazole rings is 1. The molecule has 1 aliphatic rings. The van der Waals surface area contributed by atoms with Crippen molar-refractivity contribution in [2.45, 2.75) is 31.2 Å². The molecule has 2 atom stereocenters. The van der Waals surface area contributed by atoms with Crippen LogP contribution in [0.4, 0.5) is 13.2 Å². The van der Waals surface area contributed by atoms with Gasteiger partial charge in [0, 0.05) is 17.7 Å². The fourth-order valence-electron chi connectivity index (χ4n) is 1.64. The van der Waals surface area contributed by atoms with Crippen molar-refractivity contribution in [2.75, 3.05) is 6.61 Å². The molecule has 2 rings (SSSR count). The fraction of sp³-hybridized carbons (Fsp3) is 0.667. The maximum Gasteiger partial charge on any atom is 0.443 e. The average molecular weight is 252 g/mol. The largest absolute Gasteiger partial charge is 0.443 e. The number of nitrogens with two attached hydrogens (primary N) is 1. The van der Waals surface area contributed by atoms with Crippen LogP contribution in [0.15, 0.2) is 6.20 Å². The Kier molecular flexibility index (Phi) is 3.18. The number of nitrogens with zero attached hydrogens (tertiary/aromatic N) is 1. The van der Waals surface area contributed by atoms with E-state index in [4.69, 9.17) is 10.5 Å². The van der Waals surface area contributed by atoms with Crippen LogP contribution in [0, 0.1) is 0 Å². The second-order valence-corrected chi connectivity index (χ2v) is 4.71. The summed E-state index contributed by atoms with van der Waals surface area (Å²) in [6.45, 7) is 0.628. The Hall–Kier alpha value is -0.660. The van der Waals surface area contributed by atoms with Crippen molar-refractivity contribution >= 4 is 11.3 Å². The highest BCUT2D eigenvalue weighted by Crippen LogP contribution is 2.35. The molecule has 0 aromatic carbocycles. The fourth-order valence-corrected chi connectivity index (χ4v) is 2.48. The molecule has 1 fully saturated rings. The molecule has 0 radical (unpaired) electrons. The summed E-state index contributed by atoms with van der Waals surface area (Å²) < 4.78 is 42.3. The molecule has 1 aliphatic heterocycles. The van der Waals surface area contributed by atoms with Gasteiger partial charge in [-0.05, 0) is 12.8 Å². The van der Waals surface area contributed by atoms with Crippen molar-refractivity contribution in [2.24, 2.45) is 5.73 Å². The summed E-state index contributed by atoms with van der Waals surface area (Å²) in [4.78, 5) is 3.77. The van der Waals surface area contributed by atoms with E-state index in [1.807, 2.05) is 0 Å². The molecule has 0 aliphatic carbocycles. The SMILES string of the molecule is NC(c1cnc(C(F)(F)F)s1)C1CCCO1. The van der Waals surface area contributed by atoms with Crippen LogP contribution in [0.5, 0.6) is 0 Å². The van der Waals surface area contributed by atoms with Gasteiger partial charge in [-0.25, -0.2) is 4.98 Å². The first-order valence-electron chi connectivity index (χ1n) is 4.88. The number of halogens is 3. The van der Waals surface area contributed by atoms with E-state index in [1.54, 1.807) is 0 Å². The summed E-state index contributed by atoms with van der Waals surface area (Å²) >= 11 is 0.594. The molecule has 0 bridgehead atoms. The first-order valence-corrected chi connectivity index (χ1v) is 5.70. The molecule has 90 valence electrons. The molecule has 2 heterocycles. The highest BCUT2D eigenvalue weighted by molar-refractivity contribution is 7.11. The minimum absolute atomic E-state index is 0.179. The second kappa shape index (κ2) is 4.31. The maximum atomic E-state index is 12.3. The minimum Gasteiger partial charge on any atom is -0.376 e. The van der Waals surface area contributed by atoms with Gasteiger partial charge in [0.2, 0.25) is 0 Å². The van der Waals surface area contributed by atoms with Crippen molar-refractivity contribution in [1.29, 1.82) is 0 Å². The highest BCUT2D eigenvalue weighted by Gasteiger charge is 2.36. The Balaban J connectivity index is 2.12. The molecule has 2 N–H and O–H groups in total. The summed E-state index contributed by atoms with van der Waals surface area (Å²) in [7, 11) is 0. The normalized spacial score (nSPS) is 23.6. The van der Waals surface area contributed by atoms with E-state index in [1.165, 1.54) is 6.20 Å². The lowest BCUT2D eigenvalue weighted by atomic mass is 10.1. The van der Waals surface area contributed by atoms with Crippen molar-refractivity contribution in [3.05, 3.63) is 16.1 Å². The van der Waals surface area contributed by atoms with Gasteiger partial charge in [-0.3, -0.25) is 0 Å². The van der Waals surface area contributed by atoms with E-state index in [0.717, 1.165) is 12.8 Å². The molecule has 1 aromatic rings. The zero-order chi connectivity index (χ0) is 11.8. The lowest BCUT2D eigenvalue weighted by Gasteiger charge is -2.16. The topological polar surface area (TPSA) is 48.1 Å². The van der Waals surface area contributed by atoms with Crippen molar-refractivity contribution in [3.63, 3.8) is 0 Å². The van der Waals surface area contributed by atoms with Crippen LogP contribution in [0.1, 0.15) is 28.8 Å². The molecule has 1 saturated heterocycles. The zero-order valence-corrected chi connectivity index (χ0v) is 9.14. The van der Waals surface area contributed by atoms with Gasteiger partial charge in [0.05, 0.1) is 12.1 Å². The number of rotatable bonds is 2. The van der Waals surface area contributed by atoms with E-state index in [2.05, 4.69) is 4.98 Å². The van der Waals surface area contributed by atoms with E-state index in [0.29, 0.717) is 22.8 Å². The second-order valence-electron chi connectivity index (χ2n) is 3.64. The van der Waals surface area contributed by atoms with Crippen LogP contribution in [0.3, 0.4) is 0 Å². The zero-order valence-electron chi connectivity index (χ0n) is 8.33. The Morgan fingerprint density at radius 2 is 2.31 bits per heavy atom. The van der Waals surface area contributed by atoms with Crippen molar-refractivity contribution < 1.29 is 17.9 Å². The van der Waals surface area contributed by atoms with E-state index in [9.17, 15) is 13.2 Å². The number of alkyl halides is 3. The van der Waals surface area contributed by atoms with Crippen molar-refractivity contribution in [3.8, 4) is 0 Å². The summed E-state index contributed by atoms with van der Waals surface area (Å²) in [6.07, 6.45) is -1.68. The quantitative estimate of drug-likeness (QED) is 0.878. The molecule has 0 saturated carbocycles. The number of aromatic nitrogens is 1. The highest BCUT2D eigenvalue weighted by atomic mass is 32.1. The van der Waals surface area contributed by atoms with Crippen molar-refractivity contribution in [1.82, 2.24) is 4.98 Å². The molecule has 1 aromatic heterocycles. The lowest BCUT2D eigenvalue weighted by molar-refractivity contribution is -0.137. The van der Waals surface area contributed by atoms with E-state index < -0.39 is 17.2 Å². The molecular weight excluding hydrogens is 241 g/mol. The monoisotopic (exact) mass is 252 g/mol. The van der Waals surface area contributed by atoms with Gasteiger partial charge in [-0.1, -0.05) is 0 Å². The Labute approximate surface area is 94.4 Å². The van der Waals surface area contributed by atoms with Crippen LogP contribution in [0.25, 0.3) is 0 Å². The van der Waals surface area contributed by atoms with Crippen LogP contribution in [0.2, 0.25) is 0 Å². The summed E-state index contributed by atoms with van der Waals surface area (Å²) in [5.74, 6) is 0. The lowest BCUT2D eigenvalue weighted by Crippen LogP contribution is -2.24. The molecule has 0 spiro atoms. The molecule has 7 heteroatoms. The van der Waals surface area contributed by atoms with Gasteiger partial charge in [0.1, 0.15) is 0 Å². The van der Waals surface area contributed by atoms with Gasteiger partial charge >= 0.3 is 6.18 Å². The molecule has 0 amide bonds. The van der Waals surface area contributed by atoms with E-state index >= 15 is 0 Å². The van der Waals surface area contributed by atoms with Crippen LogP contribution in [-0.4, -0.2) is 17.7 Å². The third kappa shape index (κ3) is 2.36. The smallest absolute Gasteiger partial charge is 0.376 e. The Morgan fingerprint density at radius 1 is 1.56 bits per heavy atom. The third-order valence-corrected chi connectivity index (χ3v) is 3.60. The van der Waals surface area contributed by atoms with E-state index in [-0.39, 0.29) is 6.10 Å². The molecular formula is C9H11F3N2OS. The summed E-state index contributed by atoms with van der Waals surface area (Å²) in [5, 5.41) is -0.851. The van der Waals surface area contributed by atoms with Crippen LogP contribution >= 0.6 is 11.3 Å². The minimum atomic E-state index is -4.39. The summed E-state index contributed by atoms with van der Waals surface area (Å²) in [5.41, 5.74) is 5.83. The maximum absolute atomic E-state index is 12.3. The Bertz CT molecular complexity index is 360. The summed E-state index contributed by atoms with van der Waals surface area (Å²) in [6, 6.07) is -0.504. The molecule has 16 heavy (non-hydrogen) atoms.